The third-order valence-electron chi connectivity index (χ3n) is 4.34. The van der Waals surface area contributed by atoms with Crippen LogP contribution in [-0.4, -0.2) is 30.0 Å². The monoisotopic (exact) mass is 467 g/mol. The second kappa shape index (κ2) is 10.3. The normalized spacial score (nSPS) is 10.9. The first-order valence-corrected chi connectivity index (χ1v) is 12.1. The van der Waals surface area contributed by atoms with Gasteiger partial charge in [-0.25, -0.2) is 18.4 Å². The van der Waals surface area contributed by atoms with Gasteiger partial charge in [0.15, 0.2) is 0 Å². The van der Waals surface area contributed by atoms with Gasteiger partial charge in [-0.05, 0) is 61.9 Å². The molecule has 2 aromatic heterocycles. The van der Waals surface area contributed by atoms with E-state index in [1.165, 1.54) is 42.2 Å². The Hall–Kier alpha value is -3.42. The largest absolute Gasteiger partial charge is 0.326 e. The summed E-state index contributed by atoms with van der Waals surface area (Å²) in [6.07, 6.45) is 1.71. The third-order valence-corrected chi connectivity index (χ3v) is 6.69. The molecule has 3 rings (SSSR count). The van der Waals surface area contributed by atoms with Gasteiger partial charge in [0.25, 0.3) is 10.0 Å². The van der Waals surface area contributed by atoms with Gasteiger partial charge in [-0.15, -0.1) is 11.8 Å². The molecule has 0 spiro atoms. The molecule has 0 atom stereocenters. The van der Waals surface area contributed by atoms with Crippen LogP contribution in [-0.2, 0) is 14.8 Å². The lowest BCUT2D eigenvalue weighted by Gasteiger charge is -2.09. The molecular weight excluding hydrogens is 446 g/mol. The van der Waals surface area contributed by atoms with Gasteiger partial charge in [0.1, 0.15) is 16.9 Å². The summed E-state index contributed by atoms with van der Waals surface area (Å²) in [5.41, 5.74) is 2.69. The molecule has 0 radical (unpaired) electrons. The molecule has 0 unspecified atom stereocenters. The van der Waals surface area contributed by atoms with Gasteiger partial charge in [0, 0.05) is 29.8 Å². The number of nitrogens with zero attached hydrogens (tertiary/aromatic N) is 3. The number of anilines is 2. The van der Waals surface area contributed by atoms with Crippen LogP contribution >= 0.6 is 11.8 Å². The molecular formula is C22H21N5O3S2. The highest BCUT2D eigenvalue weighted by molar-refractivity contribution is 7.99. The van der Waals surface area contributed by atoms with Crippen LogP contribution in [0.4, 0.5) is 11.5 Å². The minimum Gasteiger partial charge on any atom is -0.326 e. The topological polar surface area (TPSA) is 125 Å². The van der Waals surface area contributed by atoms with Crippen molar-refractivity contribution in [3.8, 4) is 6.07 Å². The van der Waals surface area contributed by atoms with Crippen LogP contribution in [0.1, 0.15) is 23.2 Å². The molecule has 0 aliphatic heterocycles. The number of aromatic nitrogens is 2. The van der Waals surface area contributed by atoms with E-state index < -0.39 is 10.0 Å². The highest BCUT2D eigenvalue weighted by atomic mass is 32.2. The van der Waals surface area contributed by atoms with E-state index in [9.17, 15) is 18.5 Å². The Morgan fingerprint density at radius 1 is 1.16 bits per heavy atom. The zero-order valence-electron chi connectivity index (χ0n) is 17.5. The lowest BCUT2D eigenvalue weighted by atomic mass is 10.1. The quantitative estimate of drug-likeness (QED) is 0.482. The summed E-state index contributed by atoms with van der Waals surface area (Å²) in [7, 11) is -3.78. The van der Waals surface area contributed by atoms with Crippen LogP contribution in [0.3, 0.4) is 0 Å². The first-order valence-electron chi connectivity index (χ1n) is 9.63. The lowest BCUT2D eigenvalue weighted by molar-refractivity contribution is -0.115. The summed E-state index contributed by atoms with van der Waals surface area (Å²) >= 11 is 1.36. The first kappa shape index (κ1) is 23.2. The predicted molar refractivity (Wildman–Crippen MR) is 124 cm³/mol. The second-order valence-corrected chi connectivity index (χ2v) is 9.63. The Morgan fingerprint density at radius 3 is 2.56 bits per heavy atom. The number of pyridine rings is 2. The van der Waals surface area contributed by atoms with Crippen LogP contribution in [0.25, 0.3) is 0 Å². The number of aryl methyl sites for hydroxylation is 2. The van der Waals surface area contributed by atoms with Crippen molar-refractivity contribution < 1.29 is 13.2 Å². The van der Waals surface area contributed by atoms with Crippen molar-refractivity contribution in [1.29, 1.82) is 5.26 Å². The number of benzene rings is 1. The summed E-state index contributed by atoms with van der Waals surface area (Å²) in [6, 6.07) is 14.8. The summed E-state index contributed by atoms with van der Waals surface area (Å²) in [5, 5.41) is 12.7. The molecule has 32 heavy (non-hydrogen) atoms. The van der Waals surface area contributed by atoms with Gasteiger partial charge in [-0.3, -0.25) is 9.52 Å². The minimum absolute atomic E-state index is 0.0571. The first-order chi connectivity index (χ1) is 15.3. The second-order valence-electron chi connectivity index (χ2n) is 6.86. The van der Waals surface area contributed by atoms with Crippen LogP contribution in [0.15, 0.2) is 64.6 Å². The molecule has 2 heterocycles. The number of nitriles is 1. The van der Waals surface area contributed by atoms with Crippen LogP contribution in [0.2, 0.25) is 0 Å². The van der Waals surface area contributed by atoms with Gasteiger partial charge in [0.05, 0.1) is 10.5 Å². The number of rotatable bonds is 8. The fraction of sp³-hybridized carbons (Fsp3) is 0.182. The van der Waals surface area contributed by atoms with Crippen molar-refractivity contribution in [2.75, 3.05) is 15.8 Å². The van der Waals surface area contributed by atoms with E-state index in [0.29, 0.717) is 22.0 Å². The lowest BCUT2D eigenvalue weighted by Crippen LogP contribution is -2.15. The van der Waals surface area contributed by atoms with E-state index >= 15 is 0 Å². The minimum atomic E-state index is -3.78. The van der Waals surface area contributed by atoms with Crippen molar-refractivity contribution in [1.82, 2.24) is 9.97 Å². The number of carbonyl (C=O) groups is 1. The molecule has 1 aromatic carbocycles. The van der Waals surface area contributed by atoms with Gasteiger partial charge in [0.2, 0.25) is 5.91 Å². The van der Waals surface area contributed by atoms with E-state index in [1.54, 1.807) is 18.2 Å². The molecule has 8 nitrogen and oxygen atoms in total. The predicted octanol–water partition coefficient (Wildman–Crippen LogP) is 3.89. The third kappa shape index (κ3) is 6.06. The number of sulfonamides is 1. The fourth-order valence-corrected chi connectivity index (χ4v) is 4.89. The average Bonchev–Trinajstić information content (AvgIpc) is 2.74. The van der Waals surface area contributed by atoms with Crippen LogP contribution in [0.5, 0.6) is 0 Å². The number of amides is 1. The smallest absolute Gasteiger partial charge is 0.263 e. The Balaban J connectivity index is 1.56. The average molecular weight is 468 g/mol. The summed E-state index contributed by atoms with van der Waals surface area (Å²) in [5.74, 6) is 0.458. The Kier molecular flexibility index (Phi) is 7.45. The number of hydrogen-bond donors (Lipinski definition) is 2. The van der Waals surface area contributed by atoms with E-state index in [1.807, 2.05) is 19.9 Å². The van der Waals surface area contributed by atoms with Gasteiger partial charge in [-0.1, -0.05) is 6.07 Å². The molecule has 0 bridgehead atoms. The van der Waals surface area contributed by atoms with E-state index in [2.05, 4.69) is 26.1 Å². The molecule has 2 N–H and O–H groups in total. The molecule has 0 fully saturated rings. The van der Waals surface area contributed by atoms with Crippen LogP contribution < -0.4 is 10.0 Å². The fourth-order valence-electron chi connectivity index (χ4n) is 2.84. The molecule has 3 aromatic rings. The van der Waals surface area contributed by atoms with Crippen molar-refractivity contribution >= 4 is 39.2 Å². The van der Waals surface area contributed by atoms with Crippen molar-refractivity contribution in [3.63, 3.8) is 0 Å². The Morgan fingerprint density at radius 2 is 1.91 bits per heavy atom. The summed E-state index contributed by atoms with van der Waals surface area (Å²) in [6.45, 7) is 3.72. The molecule has 1 amide bonds. The standard InChI is InChI=1S/C22H21N5O3S2/c1-15-13-16(2)25-22(19(15)14-23)31-12-10-21(28)26-17-6-8-18(9-7-17)32(29,30)27-20-5-3-4-11-24-20/h3-9,11,13H,10,12H2,1-2H3,(H,24,27)(H,26,28). The molecule has 0 aliphatic rings. The zero-order chi connectivity index (χ0) is 23.1. The van der Waals surface area contributed by atoms with Gasteiger partial charge < -0.3 is 5.32 Å². The zero-order valence-corrected chi connectivity index (χ0v) is 19.1. The molecule has 0 aliphatic carbocycles. The summed E-state index contributed by atoms with van der Waals surface area (Å²) in [4.78, 5) is 20.7. The maximum absolute atomic E-state index is 12.4. The number of carbonyl (C=O) groups excluding carboxylic acids is 1. The highest BCUT2D eigenvalue weighted by Gasteiger charge is 2.15. The van der Waals surface area contributed by atoms with Crippen molar-refractivity contribution in [2.45, 2.75) is 30.2 Å². The Labute approximate surface area is 191 Å². The van der Waals surface area contributed by atoms with E-state index in [0.717, 1.165) is 11.3 Å². The van der Waals surface area contributed by atoms with E-state index in [-0.39, 0.29) is 23.0 Å². The van der Waals surface area contributed by atoms with Crippen LogP contribution in [0, 0.1) is 25.2 Å². The highest BCUT2D eigenvalue weighted by Crippen LogP contribution is 2.24. The van der Waals surface area contributed by atoms with Crippen molar-refractivity contribution in [3.05, 3.63) is 71.5 Å². The maximum Gasteiger partial charge on any atom is 0.263 e. The number of nitrogens with one attached hydrogen (secondary N) is 2. The maximum atomic E-state index is 12.4. The molecule has 0 saturated carbocycles. The molecule has 0 saturated heterocycles. The van der Waals surface area contributed by atoms with Gasteiger partial charge >= 0.3 is 0 Å². The SMILES string of the molecule is Cc1cc(C)c(C#N)c(SCCC(=O)Nc2ccc(S(=O)(=O)Nc3ccccn3)cc2)n1. The van der Waals surface area contributed by atoms with Gasteiger partial charge in [-0.2, -0.15) is 5.26 Å². The molecule has 10 heteroatoms. The molecule has 164 valence electrons. The van der Waals surface area contributed by atoms with Crippen molar-refractivity contribution in [2.24, 2.45) is 0 Å². The number of thioether (sulfide) groups is 1. The van der Waals surface area contributed by atoms with E-state index in [4.69, 9.17) is 0 Å². The number of hydrogen-bond acceptors (Lipinski definition) is 7. The Bertz CT molecular complexity index is 1260. The summed E-state index contributed by atoms with van der Waals surface area (Å²) < 4.78 is 27.3.